The molecule has 1 aromatic carbocycles. The quantitative estimate of drug-likeness (QED) is 0.513. The predicted octanol–water partition coefficient (Wildman–Crippen LogP) is 3.95. The maximum Gasteiger partial charge on any atom is 0.435 e. The molecule has 0 aliphatic carbocycles. The van der Waals surface area contributed by atoms with Crippen molar-refractivity contribution in [3.63, 3.8) is 0 Å². The molecule has 0 amide bonds. The Morgan fingerprint density at radius 3 is 2.55 bits per heavy atom. The number of halogens is 3. The second kappa shape index (κ2) is 5.92. The summed E-state index contributed by atoms with van der Waals surface area (Å²) in [5.74, 6) is 0. The van der Waals surface area contributed by atoms with E-state index < -0.39 is 19.9 Å². The van der Waals surface area contributed by atoms with Crippen molar-refractivity contribution in [3.8, 4) is 0 Å². The zero-order valence-corrected chi connectivity index (χ0v) is 13.9. The van der Waals surface area contributed by atoms with Gasteiger partial charge in [0.25, 0.3) is 0 Å². The molecule has 0 aliphatic heterocycles. The summed E-state index contributed by atoms with van der Waals surface area (Å²) < 4.78 is 45.9. The molecule has 4 nitrogen and oxygen atoms in total. The molecule has 0 saturated heterocycles. The first-order chi connectivity index (χ1) is 10.1. The van der Waals surface area contributed by atoms with Crippen LogP contribution in [0.3, 0.4) is 0 Å². The normalized spacial score (nSPS) is 13.0. The first kappa shape index (κ1) is 16.8. The van der Waals surface area contributed by atoms with Crippen LogP contribution >= 0.6 is 0 Å². The van der Waals surface area contributed by atoms with Gasteiger partial charge in [-0.05, 0) is 24.2 Å². The lowest BCUT2D eigenvalue weighted by atomic mass is 10.2. The van der Waals surface area contributed by atoms with Crippen LogP contribution in [0.25, 0.3) is 10.9 Å². The van der Waals surface area contributed by atoms with Crippen molar-refractivity contribution in [2.45, 2.75) is 38.6 Å². The highest BCUT2D eigenvalue weighted by molar-refractivity contribution is 6.76. The van der Waals surface area contributed by atoms with Gasteiger partial charge in [0.15, 0.2) is 5.69 Å². The lowest BCUT2D eigenvalue weighted by molar-refractivity contribution is -0.140. The molecule has 0 radical (unpaired) electrons. The Kier molecular flexibility index (Phi) is 4.53. The van der Waals surface area contributed by atoms with Gasteiger partial charge in [-0.25, -0.2) is 4.68 Å². The van der Waals surface area contributed by atoms with Gasteiger partial charge in [-0.2, -0.15) is 18.3 Å². The van der Waals surface area contributed by atoms with Crippen LogP contribution in [0.4, 0.5) is 18.9 Å². The third kappa shape index (κ3) is 4.01. The van der Waals surface area contributed by atoms with Crippen molar-refractivity contribution >= 4 is 24.7 Å². The minimum atomic E-state index is -4.52. The number of benzene rings is 1. The van der Waals surface area contributed by atoms with E-state index in [0.29, 0.717) is 12.1 Å². The molecule has 2 rings (SSSR count). The molecule has 2 aromatic rings. The first-order valence-corrected chi connectivity index (χ1v) is 10.7. The number of hydrogen-bond donors (Lipinski definition) is 1. The largest absolute Gasteiger partial charge is 0.435 e. The second-order valence-corrected chi connectivity index (χ2v) is 12.1. The number of rotatable bonds is 5. The van der Waals surface area contributed by atoms with Crippen LogP contribution in [0.5, 0.6) is 0 Å². The SMILES string of the molecule is C[Si](C)(C)CCOCn1nc(C(F)(F)F)c2cc(N)ccc21. The molecule has 1 aromatic heterocycles. The molecule has 2 N–H and O–H groups in total. The van der Waals surface area contributed by atoms with Gasteiger partial charge in [0.05, 0.1) is 5.52 Å². The second-order valence-electron chi connectivity index (χ2n) is 6.47. The van der Waals surface area contributed by atoms with Gasteiger partial charge in [0.1, 0.15) is 6.73 Å². The highest BCUT2D eigenvalue weighted by atomic mass is 28.3. The number of aromatic nitrogens is 2. The van der Waals surface area contributed by atoms with Crippen molar-refractivity contribution < 1.29 is 17.9 Å². The molecule has 122 valence electrons. The number of nitrogen functional groups attached to an aromatic ring is 1. The summed E-state index contributed by atoms with van der Waals surface area (Å²) in [6.45, 7) is 7.16. The molecule has 0 atom stereocenters. The summed E-state index contributed by atoms with van der Waals surface area (Å²) in [6, 6.07) is 5.34. The van der Waals surface area contributed by atoms with Crippen LogP contribution in [-0.2, 0) is 17.6 Å². The monoisotopic (exact) mass is 331 g/mol. The Morgan fingerprint density at radius 1 is 1.27 bits per heavy atom. The van der Waals surface area contributed by atoms with Crippen molar-refractivity contribution in [2.24, 2.45) is 0 Å². The number of ether oxygens (including phenoxy) is 1. The molecule has 0 spiro atoms. The standard InChI is InChI=1S/C14H20F3N3OSi/c1-22(2,3)7-6-21-9-20-12-5-4-10(18)8-11(12)13(19-20)14(15,16)17/h4-5,8H,6-7,9,18H2,1-3H3. The highest BCUT2D eigenvalue weighted by Crippen LogP contribution is 2.34. The van der Waals surface area contributed by atoms with Gasteiger partial charge in [-0.1, -0.05) is 19.6 Å². The van der Waals surface area contributed by atoms with Crippen molar-refractivity contribution in [3.05, 3.63) is 23.9 Å². The van der Waals surface area contributed by atoms with Gasteiger partial charge in [0.2, 0.25) is 0 Å². The lowest BCUT2D eigenvalue weighted by Crippen LogP contribution is -2.22. The summed E-state index contributed by atoms with van der Waals surface area (Å²) in [6.07, 6.45) is -4.52. The molecule has 22 heavy (non-hydrogen) atoms. The first-order valence-electron chi connectivity index (χ1n) is 6.99. The van der Waals surface area contributed by atoms with E-state index in [1.54, 1.807) is 6.07 Å². The lowest BCUT2D eigenvalue weighted by Gasteiger charge is -2.15. The minimum Gasteiger partial charge on any atom is -0.399 e. The Hall–Kier alpha value is -1.54. The topological polar surface area (TPSA) is 53.1 Å². The number of nitrogens with zero attached hydrogens (tertiary/aromatic N) is 2. The fourth-order valence-electron chi connectivity index (χ4n) is 2.03. The molecular formula is C14H20F3N3OSi. The highest BCUT2D eigenvalue weighted by Gasteiger charge is 2.36. The summed E-state index contributed by atoms with van der Waals surface area (Å²) in [5.41, 5.74) is 5.30. The van der Waals surface area contributed by atoms with Crippen LogP contribution < -0.4 is 5.73 Å². The van der Waals surface area contributed by atoms with Gasteiger partial charge in [-0.15, -0.1) is 0 Å². The molecule has 0 unspecified atom stereocenters. The van der Waals surface area contributed by atoms with E-state index >= 15 is 0 Å². The smallest absolute Gasteiger partial charge is 0.399 e. The van der Waals surface area contributed by atoms with Crippen molar-refractivity contribution in [1.82, 2.24) is 9.78 Å². The van der Waals surface area contributed by atoms with Gasteiger partial charge in [-0.3, -0.25) is 0 Å². The van der Waals surface area contributed by atoms with E-state index in [2.05, 4.69) is 24.7 Å². The summed E-state index contributed by atoms with van der Waals surface area (Å²) in [5, 5.41) is 3.66. The average Bonchev–Trinajstić information content (AvgIpc) is 2.71. The Morgan fingerprint density at radius 2 is 1.95 bits per heavy atom. The van der Waals surface area contributed by atoms with Crippen LogP contribution in [0, 0.1) is 0 Å². The van der Waals surface area contributed by atoms with E-state index in [9.17, 15) is 13.2 Å². The Balaban J connectivity index is 2.23. The maximum absolute atomic E-state index is 13.1. The van der Waals surface area contributed by atoms with Crippen LogP contribution in [0.15, 0.2) is 18.2 Å². The van der Waals surface area contributed by atoms with Gasteiger partial charge >= 0.3 is 6.18 Å². The molecule has 0 aliphatic rings. The average molecular weight is 331 g/mol. The summed E-state index contributed by atoms with van der Waals surface area (Å²) in [7, 11) is -1.23. The van der Waals surface area contributed by atoms with E-state index in [1.165, 1.54) is 16.8 Å². The van der Waals surface area contributed by atoms with Crippen LogP contribution in [0.1, 0.15) is 5.69 Å². The molecular weight excluding hydrogens is 311 g/mol. The van der Waals surface area contributed by atoms with E-state index in [4.69, 9.17) is 10.5 Å². The third-order valence-electron chi connectivity index (χ3n) is 3.25. The summed E-state index contributed by atoms with van der Waals surface area (Å²) >= 11 is 0. The van der Waals surface area contributed by atoms with Crippen molar-refractivity contribution in [1.29, 1.82) is 0 Å². The molecule has 0 bridgehead atoms. The third-order valence-corrected chi connectivity index (χ3v) is 4.96. The van der Waals surface area contributed by atoms with E-state index in [1.807, 2.05) is 0 Å². The number of nitrogens with two attached hydrogens (primary N) is 1. The molecule has 0 saturated carbocycles. The van der Waals surface area contributed by atoms with Crippen LogP contribution in [0.2, 0.25) is 25.7 Å². The number of hydrogen-bond acceptors (Lipinski definition) is 3. The maximum atomic E-state index is 13.1. The molecule has 0 fully saturated rings. The number of fused-ring (bicyclic) bond motifs is 1. The molecule has 8 heteroatoms. The fourth-order valence-corrected chi connectivity index (χ4v) is 2.79. The van der Waals surface area contributed by atoms with Crippen molar-refractivity contribution in [2.75, 3.05) is 12.3 Å². The van der Waals surface area contributed by atoms with E-state index in [0.717, 1.165) is 6.04 Å². The minimum absolute atomic E-state index is 0.000970. The van der Waals surface area contributed by atoms with E-state index in [-0.39, 0.29) is 17.8 Å². The summed E-state index contributed by atoms with van der Waals surface area (Å²) in [4.78, 5) is 0. The Bertz CT molecular complexity index is 662. The predicted molar refractivity (Wildman–Crippen MR) is 83.3 cm³/mol. The fraction of sp³-hybridized carbons (Fsp3) is 0.500. The zero-order chi connectivity index (χ0) is 16.5. The van der Waals surface area contributed by atoms with Gasteiger partial charge in [0, 0.05) is 25.8 Å². The van der Waals surface area contributed by atoms with Gasteiger partial charge < -0.3 is 10.5 Å². The number of anilines is 1. The van der Waals surface area contributed by atoms with Crippen LogP contribution in [-0.4, -0.2) is 24.5 Å². The zero-order valence-electron chi connectivity index (χ0n) is 12.9. The number of alkyl halides is 3. The molecule has 1 heterocycles. The Labute approximate surface area is 128 Å².